The third-order valence-corrected chi connectivity index (χ3v) is 4.43. The highest BCUT2D eigenvalue weighted by molar-refractivity contribution is 8.00. The van der Waals surface area contributed by atoms with E-state index in [0.29, 0.717) is 0 Å². The van der Waals surface area contributed by atoms with Gasteiger partial charge in [-0.05, 0) is 54.8 Å². The van der Waals surface area contributed by atoms with E-state index in [1.165, 1.54) is 0 Å². The SMILES string of the molecule is C=C(C)Nc1cc(-c2cncc(SN(C)c3ccccc3)c2)ccn1. The summed E-state index contributed by atoms with van der Waals surface area (Å²) in [5.74, 6) is 0.782. The molecule has 0 aliphatic rings. The van der Waals surface area contributed by atoms with Gasteiger partial charge < -0.3 is 9.62 Å². The molecule has 0 saturated heterocycles. The van der Waals surface area contributed by atoms with Gasteiger partial charge in [-0.15, -0.1) is 0 Å². The van der Waals surface area contributed by atoms with Crippen LogP contribution in [-0.2, 0) is 0 Å². The van der Waals surface area contributed by atoms with Crippen molar-refractivity contribution in [2.75, 3.05) is 16.7 Å². The minimum Gasteiger partial charge on any atom is -0.345 e. The van der Waals surface area contributed by atoms with Crippen LogP contribution in [0.4, 0.5) is 11.5 Å². The molecular weight excluding hydrogens is 328 g/mol. The van der Waals surface area contributed by atoms with Crippen molar-refractivity contribution in [2.24, 2.45) is 0 Å². The van der Waals surface area contributed by atoms with E-state index in [1.54, 1.807) is 18.1 Å². The molecule has 0 bridgehead atoms. The van der Waals surface area contributed by atoms with Crippen LogP contribution in [0.15, 0.2) is 84.3 Å². The number of aromatic nitrogens is 2. The Morgan fingerprint density at radius 3 is 2.64 bits per heavy atom. The number of nitrogens with zero attached hydrogens (tertiary/aromatic N) is 3. The largest absolute Gasteiger partial charge is 0.345 e. The lowest BCUT2D eigenvalue weighted by molar-refractivity contribution is 1.22. The quantitative estimate of drug-likeness (QED) is 0.618. The van der Waals surface area contributed by atoms with Crippen LogP contribution in [0.2, 0.25) is 0 Å². The second kappa shape index (κ2) is 7.85. The Hall–Kier alpha value is -2.79. The smallest absolute Gasteiger partial charge is 0.130 e. The lowest BCUT2D eigenvalue weighted by Crippen LogP contribution is -2.05. The van der Waals surface area contributed by atoms with Crippen LogP contribution in [-0.4, -0.2) is 17.0 Å². The van der Waals surface area contributed by atoms with Crippen molar-refractivity contribution in [3.8, 4) is 11.1 Å². The highest BCUT2D eigenvalue weighted by Gasteiger charge is 2.06. The van der Waals surface area contributed by atoms with Crippen molar-refractivity contribution in [3.63, 3.8) is 0 Å². The summed E-state index contributed by atoms with van der Waals surface area (Å²) in [4.78, 5) is 9.78. The molecule has 0 saturated carbocycles. The summed E-state index contributed by atoms with van der Waals surface area (Å²) < 4.78 is 2.13. The van der Waals surface area contributed by atoms with Gasteiger partial charge in [0.2, 0.25) is 0 Å². The molecular formula is C20H20N4S. The fraction of sp³-hybridized carbons (Fsp3) is 0.100. The average Bonchev–Trinajstić information content (AvgIpc) is 2.62. The molecule has 0 atom stereocenters. The molecule has 0 aliphatic heterocycles. The van der Waals surface area contributed by atoms with Crippen LogP contribution in [0.3, 0.4) is 0 Å². The Labute approximate surface area is 152 Å². The van der Waals surface area contributed by atoms with Gasteiger partial charge in [0, 0.05) is 47.5 Å². The van der Waals surface area contributed by atoms with Crippen LogP contribution in [0.25, 0.3) is 11.1 Å². The minimum atomic E-state index is 0.782. The molecule has 1 N–H and O–H groups in total. The molecule has 0 spiro atoms. The van der Waals surface area contributed by atoms with Gasteiger partial charge >= 0.3 is 0 Å². The second-order valence-electron chi connectivity index (χ2n) is 5.67. The first-order chi connectivity index (χ1) is 12.1. The van der Waals surface area contributed by atoms with Gasteiger partial charge in [0.15, 0.2) is 0 Å². The van der Waals surface area contributed by atoms with Gasteiger partial charge in [0.1, 0.15) is 5.82 Å². The third-order valence-electron chi connectivity index (χ3n) is 3.51. The highest BCUT2D eigenvalue weighted by atomic mass is 32.2. The van der Waals surface area contributed by atoms with Crippen molar-refractivity contribution in [2.45, 2.75) is 11.8 Å². The van der Waals surface area contributed by atoms with Crippen molar-refractivity contribution in [1.82, 2.24) is 9.97 Å². The number of hydrogen-bond donors (Lipinski definition) is 1. The zero-order valence-corrected chi connectivity index (χ0v) is 15.1. The Morgan fingerprint density at radius 2 is 1.88 bits per heavy atom. The summed E-state index contributed by atoms with van der Waals surface area (Å²) in [5.41, 5.74) is 4.13. The summed E-state index contributed by atoms with van der Waals surface area (Å²) in [6, 6.07) is 16.4. The number of benzene rings is 1. The average molecular weight is 348 g/mol. The molecule has 5 heteroatoms. The Balaban J connectivity index is 1.81. The van der Waals surface area contributed by atoms with Gasteiger partial charge in [0.25, 0.3) is 0 Å². The monoisotopic (exact) mass is 348 g/mol. The van der Waals surface area contributed by atoms with E-state index in [2.05, 4.69) is 44.4 Å². The molecule has 1 aromatic carbocycles. The second-order valence-corrected chi connectivity index (χ2v) is 6.87. The van der Waals surface area contributed by atoms with E-state index in [9.17, 15) is 0 Å². The van der Waals surface area contributed by atoms with E-state index in [1.807, 2.05) is 56.7 Å². The van der Waals surface area contributed by atoms with Crippen molar-refractivity contribution < 1.29 is 0 Å². The van der Waals surface area contributed by atoms with Crippen LogP contribution < -0.4 is 9.62 Å². The maximum Gasteiger partial charge on any atom is 0.130 e. The van der Waals surface area contributed by atoms with Crippen LogP contribution >= 0.6 is 11.9 Å². The van der Waals surface area contributed by atoms with Gasteiger partial charge in [-0.2, -0.15) is 0 Å². The number of para-hydroxylation sites is 1. The van der Waals surface area contributed by atoms with E-state index < -0.39 is 0 Å². The summed E-state index contributed by atoms with van der Waals surface area (Å²) in [5, 5.41) is 3.14. The zero-order chi connectivity index (χ0) is 17.6. The van der Waals surface area contributed by atoms with Crippen molar-refractivity contribution in [1.29, 1.82) is 0 Å². The van der Waals surface area contributed by atoms with Gasteiger partial charge in [-0.3, -0.25) is 4.98 Å². The summed E-state index contributed by atoms with van der Waals surface area (Å²) in [6.45, 7) is 5.77. The first-order valence-electron chi connectivity index (χ1n) is 7.92. The van der Waals surface area contributed by atoms with Crippen molar-refractivity contribution >= 4 is 23.5 Å². The molecule has 2 aromatic heterocycles. The lowest BCUT2D eigenvalue weighted by Gasteiger charge is -2.17. The van der Waals surface area contributed by atoms with Crippen LogP contribution in [0.1, 0.15) is 6.92 Å². The molecule has 0 unspecified atom stereocenters. The fourth-order valence-electron chi connectivity index (χ4n) is 2.37. The fourth-order valence-corrected chi connectivity index (χ4v) is 3.20. The molecule has 126 valence electrons. The Kier molecular flexibility index (Phi) is 5.36. The first kappa shape index (κ1) is 17.0. The maximum atomic E-state index is 4.39. The number of hydrogen-bond acceptors (Lipinski definition) is 5. The molecule has 2 heterocycles. The molecule has 0 amide bonds. The summed E-state index contributed by atoms with van der Waals surface area (Å²) >= 11 is 1.65. The lowest BCUT2D eigenvalue weighted by atomic mass is 10.1. The van der Waals surface area contributed by atoms with Crippen LogP contribution in [0.5, 0.6) is 0 Å². The van der Waals surface area contributed by atoms with E-state index >= 15 is 0 Å². The molecule has 3 aromatic rings. The molecule has 3 rings (SSSR count). The molecule has 25 heavy (non-hydrogen) atoms. The van der Waals surface area contributed by atoms with Crippen LogP contribution in [0, 0.1) is 0 Å². The van der Waals surface area contributed by atoms with Crippen molar-refractivity contribution in [3.05, 3.63) is 79.4 Å². The molecule has 0 aliphatic carbocycles. The number of rotatable bonds is 6. The first-order valence-corrected chi connectivity index (χ1v) is 8.70. The number of allylic oxidation sites excluding steroid dienone is 1. The normalized spacial score (nSPS) is 10.3. The number of anilines is 2. The maximum absolute atomic E-state index is 4.39. The molecule has 0 radical (unpaired) electrons. The van der Waals surface area contributed by atoms with E-state index in [0.717, 1.165) is 33.2 Å². The molecule has 4 nitrogen and oxygen atoms in total. The summed E-state index contributed by atoms with van der Waals surface area (Å²) in [7, 11) is 2.05. The van der Waals surface area contributed by atoms with E-state index in [-0.39, 0.29) is 0 Å². The molecule has 0 fully saturated rings. The Bertz CT molecular complexity index is 864. The zero-order valence-electron chi connectivity index (χ0n) is 14.3. The van der Waals surface area contributed by atoms with E-state index in [4.69, 9.17) is 0 Å². The summed E-state index contributed by atoms with van der Waals surface area (Å²) in [6.07, 6.45) is 5.53. The topological polar surface area (TPSA) is 41.1 Å². The number of pyridine rings is 2. The number of nitrogens with one attached hydrogen (secondary N) is 1. The highest BCUT2D eigenvalue weighted by Crippen LogP contribution is 2.30. The standard InChI is InChI=1S/C20H20N4S/c1-15(2)23-20-12-16(9-10-22-20)17-11-19(14-21-13-17)25-24(3)18-7-5-4-6-8-18/h4-14H,1H2,2-3H3,(H,22,23). The predicted octanol–water partition coefficient (Wildman–Crippen LogP) is 5.23. The van der Waals surface area contributed by atoms with Gasteiger partial charge in [0.05, 0.1) is 0 Å². The Morgan fingerprint density at radius 1 is 1.08 bits per heavy atom. The third kappa shape index (κ3) is 4.61. The predicted molar refractivity (Wildman–Crippen MR) is 107 cm³/mol. The van der Waals surface area contributed by atoms with Gasteiger partial charge in [-0.25, -0.2) is 4.98 Å². The van der Waals surface area contributed by atoms with Gasteiger partial charge in [-0.1, -0.05) is 24.8 Å². The minimum absolute atomic E-state index is 0.782.